The molecule has 2 aromatic heterocycles. The second kappa shape index (κ2) is 4.77. The molecule has 0 unspecified atom stereocenters. The SMILES string of the molecule is Nc1ccc(NS(=O)(=O)c2cccs2)c2cccnc12. The van der Waals surface area contributed by atoms with Crippen molar-refractivity contribution in [2.24, 2.45) is 0 Å². The number of rotatable bonds is 3. The van der Waals surface area contributed by atoms with Gasteiger partial charge in [-0.15, -0.1) is 11.3 Å². The van der Waals surface area contributed by atoms with Gasteiger partial charge in [0.2, 0.25) is 0 Å². The summed E-state index contributed by atoms with van der Waals surface area (Å²) in [6.45, 7) is 0. The highest BCUT2D eigenvalue weighted by Gasteiger charge is 2.17. The van der Waals surface area contributed by atoms with Crippen LogP contribution in [0.5, 0.6) is 0 Å². The predicted octanol–water partition coefficient (Wildman–Crippen LogP) is 2.68. The zero-order valence-corrected chi connectivity index (χ0v) is 11.9. The van der Waals surface area contributed by atoms with Gasteiger partial charge < -0.3 is 5.73 Å². The fourth-order valence-electron chi connectivity index (χ4n) is 1.89. The Morgan fingerprint density at radius 2 is 2.00 bits per heavy atom. The largest absolute Gasteiger partial charge is 0.397 e. The summed E-state index contributed by atoms with van der Waals surface area (Å²) in [5.41, 5.74) is 7.41. The van der Waals surface area contributed by atoms with Crippen LogP contribution in [0.2, 0.25) is 0 Å². The normalized spacial score (nSPS) is 11.6. The number of sulfonamides is 1. The molecule has 7 heteroatoms. The first-order chi connectivity index (χ1) is 9.58. The first-order valence-electron chi connectivity index (χ1n) is 5.77. The third-order valence-corrected chi connectivity index (χ3v) is 5.57. The van der Waals surface area contributed by atoms with Crippen LogP contribution >= 0.6 is 11.3 Å². The van der Waals surface area contributed by atoms with Crippen LogP contribution in [0.25, 0.3) is 10.9 Å². The first-order valence-corrected chi connectivity index (χ1v) is 8.14. The Hall–Kier alpha value is -2.12. The summed E-state index contributed by atoms with van der Waals surface area (Å²) in [7, 11) is -3.57. The van der Waals surface area contributed by atoms with Gasteiger partial charge in [-0.3, -0.25) is 9.71 Å². The van der Waals surface area contributed by atoms with Crippen molar-refractivity contribution in [3.05, 3.63) is 48.0 Å². The molecule has 20 heavy (non-hydrogen) atoms. The third kappa shape index (κ3) is 2.21. The molecular formula is C13H11N3O2S2. The molecule has 0 aliphatic heterocycles. The number of fused-ring (bicyclic) bond motifs is 1. The van der Waals surface area contributed by atoms with Gasteiger partial charge in [0, 0.05) is 11.6 Å². The van der Waals surface area contributed by atoms with Gasteiger partial charge in [0.25, 0.3) is 10.0 Å². The lowest BCUT2D eigenvalue weighted by atomic mass is 10.1. The molecule has 0 saturated carbocycles. The monoisotopic (exact) mass is 305 g/mol. The molecule has 1 aromatic carbocycles. The smallest absolute Gasteiger partial charge is 0.271 e. The second-order valence-corrected chi connectivity index (χ2v) is 7.00. The van der Waals surface area contributed by atoms with E-state index in [0.29, 0.717) is 22.3 Å². The number of thiophene rings is 1. The first kappa shape index (κ1) is 12.9. The molecule has 3 rings (SSSR count). The molecule has 102 valence electrons. The lowest BCUT2D eigenvalue weighted by molar-refractivity contribution is 0.603. The van der Waals surface area contributed by atoms with E-state index >= 15 is 0 Å². The van der Waals surface area contributed by atoms with Crippen LogP contribution in [-0.4, -0.2) is 13.4 Å². The summed E-state index contributed by atoms with van der Waals surface area (Å²) in [5, 5.41) is 2.39. The van der Waals surface area contributed by atoms with Gasteiger partial charge in [0.15, 0.2) is 0 Å². The highest BCUT2D eigenvalue weighted by Crippen LogP contribution is 2.29. The highest BCUT2D eigenvalue weighted by atomic mass is 32.2. The number of nitrogens with zero attached hydrogens (tertiary/aromatic N) is 1. The Balaban J connectivity index is 2.11. The Morgan fingerprint density at radius 1 is 1.15 bits per heavy atom. The summed E-state index contributed by atoms with van der Waals surface area (Å²) in [4.78, 5) is 4.18. The molecule has 0 bridgehead atoms. The van der Waals surface area contributed by atoms with E-state index in [1.165, 1.54) is 11.3 Å². The number of nitrogen functional groups attached to an aromatic ring is 1. The van der Waals surface area contributed by atoms with Gasteiger partial charge >= 0.3 is 0 Å². The van der Waals surface area contributed by atoms with Gasteiger partial charge in [-0.1, -0.05) is 6.07 Å². The number of nitrogens with two attached hydrogens (primary N) is 1. The van der Waals surface area contributed by atoms with Crippen molar-refractivity contribution in [3.63, 3.8) is 0 Å². The maximum absolute atomic E-state index is 12.2. The van der Waals surface area contributed by atoms with Crippen molar-refractivity contribution in [2.75, 3.05) is 10.5 Å². The number of hydrogen-bond acceptors (Lipinski definition) is 5. The minimum atomic E-state index is -3.57. The summed E-state index contributed by atoms with van der Waals surface area (Å²) in [6.07, 6.45) is 1.62. The van der Waals surface area contributed by atoms with E-state index in [0.717, 1.165) is 0 Å². The number of benzene rings is 1. The van der Waals surface area contributed by atoms with Crippen molar-refractivity contribution in [2.45, 2.75) is 4.21 Å². The van der Waals surface area contributed by atoms with Crippen molar-refractivity contribution < 1.29 is 8.42 Å². The number of aromatic nitrogens is 1. The molecule has 5 nitrogen and oxygen atoms in total. The van der Waals surface area contributed by atoms with Crippen molar-refractivity contribution in [1.29, 1.82) is 0 Å². The fourth-order valence-corrected chi connectivity index (χ4v) is 3.97. The molecule has 0 aliphatic carbocycles. The Labute approximate surface area is 120 Å². The lowest BCUT2D eigenvalue weighted by Gasteiger charge is -2.10. The van der Waals surface area contributed by atoms with E-state index in [-0.39, 0.29) is 4.21 Å². The molecule has 3 aromatic rings. The average Bonchev–Trinajstić information content (AvgIpc) is 2.97. The van der Waals surface area contributed by atoms with E-state index in [1.54, 1.807) is 48.0 Å². The van der Waals surface area contributed by atoms with Crippen LogP contribution in [0, 0.1) is 0 Å². The molecule has 0 aliphatic rings. The van der Waals surface area contributed by atoms with Gasteiger partial charge in [0.05, 0.1) is 16.9 Å². The van der Waals surface area contributed by atoms with E-state index in [4.69, 9.17) is 5.73 Å². The van der Waals surface area contributed by atoms with Crippen LogP contribution in [-0.2, 0) is 10.0 Å². The highest BCUT2D eigenvalue weighted by molar-refractivity contribution is 7.94. The minimum Gasteiger partial charge on any atom is -0.397 e. The van der Waals surface area contributed by atoms with Gasteiger partial charge in [-0.05, 0) is 35.7 Å². The van der Waals surface area contributed by atoms with Crippen LogP contribution in [0.4, 0.5) is 11.4 Å². The van der Waals surface area contributed by atoms with Crippen LogP contribution in [0.3, 0.4) is 0 Å². The molecule has 3 N–H and O–H groups in total. The van der Waals surface area contributed by atoms with Gasteiger partial charge in [-0.25, -0.2) is 8.42 Å². The van der Waals surface area contributed by atoms with Crippen molar-refractivity contribution in [1.82, 2.24) is 4.98 Å². The zero-order chi connectivity index (χ0) is 14.2. The summed E-state index contributed by atoms with van der Waals surface area (Å²) in [5.74, 6) is 0. The molecule has 0 radical (unpaired) electrons. The fraction of sp³-hybridized carbons (Fsp3) is 0. The van der Waals surface area contributed by atoms with Gasteiger partial charge in [-0.2, -0.15) is 0 Å². The van der Waals surface area contributed by atoms with E-state index in [9.17, 15) is 8.42 Å². The Kier molecular flexibility index (Phi) is 3.07. The molecular weight excluding hydrogens is 294 g/mol. The van der Waals surface area contributed by atoms with E-state index in [2.05, 4.69) is 9.71 Å². The van der Waals surface area contributed by atoms with E-state index in [1.807, 2.05) is 0 Å². The minimum absolute atomic E-state index is 0.270. The molecule has 0 spiro atoms. The molecule has 0 atom stereocenters. The summed E-state index contributed by atoms with van der Waals surface area (Å²) >= 11 is 1.17. The number of nitrogens with one attached hydrogen (secondary N) is 1. The molecule has 0 fully saturated rings. The average molecular weight is 305 g/mol. The van der Waals surface area contributed by atoms with Crippen molar-refractivity contribution in [3.8, 4) is 0 Å². The standard InChI is InChI=1S/C13H11N3O2S2/c14-10-5-6-11(9-3-1-7-15-13(9)10)16-20(17,18)12-4-2-8-19-12/h1-8,16H,14H2. The van der Waals surface area contributed by atoms with Crippen molar-refractivity contribution >= 4 is 43.6 Å². The van der Waals surface area contributed by atoms with E-state index < -0.39 is 10.0 Å². The van der Waals surface area contributed by atoms with Gasteiger partial charge in [0.1, 0.15) is 4.21 Å². The maximum Gasteiger partial charge on any atom is 0.271 e. The third-order valence-electron chi connectivity index (χ3n) is 2.81. The van der Waals surface area contributed by atoms with Crippen LogP contribution in [0.1, 0.15) is 0 Å². The summed E-state index contributed by atoms with van der Waals surface area (Å²) in [6, 6.07) is 10.1. The number of pyridine rings is 1. The van der Waals surface area contributed by atoms with Crippen LogP contribution in [0.15, 0.2) is 52.2 Å². The zero-order valence-electron chi connectivity index (χ0n) is 10.3. The summed E-state index contributed by atoms with van der Waals surface area (Å²) < 4.78 is 27.3. The second-order valence-electron chi connectivity index (χ2n) is 4.14. The predicted molar refractivity (Wildman–Crippen MR) is 81.3 cm³/mol. The lowest BCUT2D eigenvalue weighted by Crippen LogP contribution is -2.12. The Bertz CT molecular complexity index is 858. The quantitative estimate of drug-likeness (QED) is 0.729. The Morgan fingerprint density at radius 3 is 2.75 bits per heavy atom. The molecule has 2 heterocycles. The molecule has 0 amide bonds. The molecule has 0 saturated heterocycles. The number of anilines is 2. The number of hydrogen-bond donors (Lipinski definition) is 2. The van der Waals surface area contributed by atoms with Crippen LogP contribution < -0.4 is 10.5 Å². The topological polar surface area (TPSA) is 85.1 Å². The maximum atomic E-state index is 12.2.